The molecule has 1 saturated heterocycles. The van der Waals surface area contributed by atoms with E-state index in [9.17, 15) is 10.1 Å². The molecule has 1 aromatic heterocycles. The van der Waals surface area contributed by atoms with Gasteiger partial charge in [-0.15, -0.1) is 0 Å². The number of ether oxygens (including phenoxy) is 1. The van der Waals surface area contributed by atoms with Crippen LogP contribution in [0, 0.1) is 24.1 Å². The standard InChI is InChI=1S/C25H23FN6O2/c1-14-10-21(31-25(29-14)30-16-8-9-28-12-16)32-13-18-17(24(32)33)7-6-15(11-27)22(18)23-19(26)4-3-5-20(23)34-2/h3-7,10,16,28H,8-9,12-13H2,1-2H3,(H,29,30,31)/t16-/m0/s1. The molecule has 2 aliphatic rings. The van der Waals surface area contributed by atoms with Crippen LogP contribution in [0.25, 0.3) is 11.1 Å². The highest BCUT2D eigenvalue weighted by Crippen LogP contribution is 2.41. The quantitative estimate of drug-likeness (QED) is 0.604. The van der Waals surface area contributed by atoms with Gasteiger partial charge in [0.15, 0.2) is 0 Å². The molecule has 172 valence electrons. The van der Waals surface area contributed by atoms with Gasteiger partial charge in [0.1, 0.15) is 17.4 Å². The lowest BCUT2D eigenvalue weighted by Crippen LogP contribution is -2.27. The molecule has 2 aliphatic heterocycles. The number of fused-ring (bicyclic) bond motifs is 1. The van der Waals surface area contributed by atoms with Gasteiger partial charge in [-0.3, -0.25) is 9.69 Å². The molecule has 1 atom stereocenters. The summed E-state index contributed by atoms with van der Waals surface area (Å²) in [6, 6.07) is 11.8. The van der Waals surface area contributed by atoms with Crippen LogP contribution in [0.5, 0.6) is 5.75 Å². The summed E-state index contributed by atoms with van der Waals surface area (Å²) in [4.78, 5) is 24.0. The number of nitriles is 1. The summed E-state index contributed by atoms with van der Waals surface area (Å²) < 4.78 is 20.4. The Morgan fingerprint density at radius 1 is 1.26 bits per heavy atom. The second kappa shape index (κ2) is 8.72. The first-order valence-corrected chi connectivity index (χ1v) is 11.0. The third-order valence-corrected chi connectivity index (χ3v) is 6.18. The molecular weight excluding hydrogens is 435 g/mol. The highest BCUT2D eigenvalue weighted by atomic mass is 19.1. The first-order chi connectivity index (χ1) is 16.5. The number of hydrogen-bond acceptors (Lipinski definition) is 7. The van der Waals surface area contributed by atoms with Gasteiger partial charge < -0.3 is 15.4 Å². The lowest BCUT2D eigenvalue weighted by atomic mass is 9.91. The van der Waals surface area contributed by atoms with E-state index >= 15 is 4.39 Å². The van der Waals surface area contributed by atoms with E-state index in [1.54, 1.807) is 30.3 Å². The number of aryl methyl sites for hydroxylation is 1. The summed E-state index contributed by atoms with van der Waals surface area (Å²) in [6.45, 7) is 3.75. The molecule has 3 aromatic rings. The molecule has 1 fully saturated rings. The Morgan fingerprint density at radius 3 is 2.85 bits per heavy atom. The maximum absolute atomic E-state index is 15.0. The van der Waals surface area contributed by atoms with Gasteiger partial charge in [-0.1, -0.05) is 6.07 Å². The van der Waals surface area contributed by atoms with Crippen molar-refractivity contribution in [3.63, 3.8) is 0 Å². The Labute approximate surface area is 196 Å². The maximum Gasteiger partial charge on any atom is 0.260 e. The van der Waals surface area contributed by atoms with Crippen molar-refractivity contribution in [2.75, 3.05) is 30.4 Å². The third-order valence-electron chi connectivity index (χ3n) is 6.18. The molecule has 2 N–H and O–H groups in total. The lowest BCUT2D eigenvalue weighted by Gasteiger charge is -2.18. The topological polar surface area (TPSA) is 103 Å². The fourth-order valence-electron chi connectivity index (χ4n) is 4.58. The number of anilines is 2. The smallest absolute Gasteiger partial charge is 0.260 e. The van der Waals surface area contributed by atoms with Crippen LogP contribution >= 0.6 is 0 Å². The van der Waals surface area contributed by atoms with Crippen LogP contribution in [-0.2, 0) is 6.54 Å². The SMILES string of the molecule is COc1cccc(F)c1-c1c(C#N)ccc2c1CN(c1cc(C)nc(N[C@H]3CCNC3)n1)C2=O. The van der Waals surface area contributed by atoms with E-state index in [0.29, 0.717) is 34.2 Å². The normalized spacial score (nSPS) is 16.9. The molecule has 0 saturated carbocycles. The summed E-state index contributed by atoms with van der Waals surface area (Å²) >= 11 is 0. The number of aromatic nitrogens is 2. The Bertz CT molecular complexity index is 1330. The summed E-state index contributed by atoms with van der Waals surface area (Å²) in [6.07, 6.45) is 0.964. The first-order valence-electron chi connectivity index (χ1n) is 11.0. The molecular formula is C25H23FN6O2. The monoisotopic (exact) mass is 458 g/mol. The Kier molecular flexibility index (Phi) is 5.59. The van der Waals surface area contributed by atoms with Crippen LogP contribution in [0.1, 0.15) is 33.6 Å². The number of carbonyl (C=O) groups excluding carboxylic acids is 1. The number of methoxy groups -OCH3 is 1. The average Bonchev–Trinajstić information content (AvgIpc) is 3.46. The highest BCUT2D eigenvalue weighted by molar-refractivity contribution is 6.11. The predicted molar refractivity (Wildman–Crippen MR) is 125 cm³/mol. The minimum atomic E-state index is -0.523. The molecule has 0 unspecified atom stereocenters. The molecule has 5 rings (SSSR count). The van der Waals surface area contributed by atoms with Gasteiger partial charge in [-0.2, -0.15) is 10.2 Å². The second-order valence-electron chi connectivity index (χ2n) is 8.36. The van der Waals surface area contributed by atoms with Crippen LogP contribution in [0.4, 0.5) is 16.2 Å². The zero-order chi connectivity index (χ0) is 23.8. The van der Waals surface area contributed by atoms with E-state index in [1.165, 1.54) is 18.1 Å². The fraction of sp³-hybridized carbons (Fsp3) is 0.280. The molecule has 0 bridgehead atoms. The largest absolute Gasteiger partial charge is 0.496 e. The average molecular weight is 458 g/mol. The molecule has 8 nitrogen and oxygen atoms in total. The van der Waals surface area contributed by atoms with Crippen LogP contribution in [-0.4, -0.2) is 42.1 Å². The van der Waals surface area contributed by atoms with Crippen LogP contribution in [0.3, 0.4) is 0 Å². The van der Waals surface area contributed by atoms with E-state index in [2.05, 4.69) is 26.7 Å². The maximum atomic E-state index is 15.0. The van der Waals surface area contributed by atoms with E-state index in [1.807, 2.05) is 6.92 Å². The number of carbonyl (C=O) groups is 1. The van der Waals surface area contributed by atoms with Gasteiger partial charge in [-0.25, -0.2) is 9.37 Å². The number of nitrogens with one attached hydrogen (secondary N) is 2. The van der Waals surface area contributed by atoms with Crippen LogP contribution in [0.2, 0.25) is 0 Å². The van der Waals surface area contributed by atoms with Crippen molar-refractivity contribution in [1.82, 2.24) is 15.3 Å². The number of hydrogen-bond donors (Lipinski definition) is 2. The predicted octanol–water partition coefficient (Wildman–Crippen LogP) is 3.41. The lowest BCUT2D eigenvalue weighted by molar-refractivity contribution is 0.0996. The fourth-order valence-corrected chi connectivity index (χ4v) is 4.58. The molecule has 9 heteroatoms. The van der Waals surface area contributed by atoms with Crippen LogP contribution < -0.4 is 20.3 Å². The van der Waals surface area contributed by atoms with Gasteiger partial charge in [0.25, 0.3) is 5.91 Å². The number of amides is 1. The number of rotatable bonds is 5. The first kappa shape index (κ1) is 21.8. The second-order valence-corrected chi connectivity index (χ2v) is 8.36. The van der Waals surface area contributed by atoms with Crippen molar-refractivity contribution >= 4 is 17.7 Å². The van der Waals surface area contributed by atoms with Gasteiger partial charge in [-0.05, 0) is 49.7 Å². The van der Waals surface area contributed by atoms with E-state index in [0.717, 1.165) is 25.2 Å². The number of nitrogens with zero attached hydrogens (tertiary/aromatic N) is 4. The number of benzene rings is 2. The van der Waals surface area contributed by atoms with Crippen molar-refractivity contribution in [1.29, 1.82) is 5.26 Å². The summed E-state index contributed by atoms with van der Waals surface area (Å²) in [5, 5.41) is 16.4. The minimum Gasteiger partial charge on any atom is -0.496 e. The number of halogens is 1. The van der Waals surface area contributed by atoms with Gasteiger partial charge >= 0.3 is 0 Å². The van der Waals surface area contributed by atoms with Gasteiger partial charge in [0.05, 0.1) is 30.9 Å². The molecule has 34 heavy (non-hydrogen) atoms. The zero-order valence-electron chi connectivity index (χ0n) is 18.9. The summed E-state index contributed by atoms with van der Waals surface area (Å²) in [5.41, 5.74) is 2.50. The molecule has 0 aliphatic carbocycles. The van der Waals surface area contributed by atoms with Gasteiger partial charge in [0, 0.05) is 35.5 Å². The van der Waals surface area contributed by atoms with Crippen molar-refractivity contribution in [3.05, 3.63) is 64.6 Å². The highest BCUT2D eigenvalue weighted by Gasteiger charge is 2.34. The zero-order valence-corrected chi connectivity index (χ0v) is 18.9. The summed E-state index contributed by atoms with van der Waals surface area (Å²) in [5.74, 6) is 0.422. The molecule has 2 aromatic carbocycles. The molecule has 0 spiro atoms. The third kappa shape index (κ3) is 3.72. The van der Waals surface area contributed by atoms with Gasteiger partial charge in [0.2, 0.25) is 5.95 Å². The molecule has 1 amide bonds. The van der Waals surface area contributed by atoms with Crippen LogP contribution in [0.15, 0.2) is 36.4 Å². The molecule has 3 heterocycles. The van der Waals surface area contributed by atoms with Crippen molar-refractivity contribution in [2.45, 2.75) is 25.9 Å². The van der Waals surface area contributed by atoms with Crippen molar-refractivity contribution in [2.24, 2.45) is 0 Å². The Hall–Kier alpha value is -4.03. The Balaban J connectivity index is 1.58. The van der Waals surface area contributed by atoms with Crippen molar-refractivity contribution < 1.29 is 13.9 Å². The van der Waals surface area contributed by atoms with Crippen molar-refractivity contribution in [3.8, 4) is 22.9 Å². The summed E-state index contributed by atoms with van der Waals surface area (Å²) in [7, 11) is 1.45. The van der Waals surface area contributed by atoms with E-state index < -0.39 is 5.82 Å². The minimum absolute atomic E-state index is 0.150. The van der Waals surface area contributed by atoms with E-state index in [4.69, 9.17) is 4.74 Å². The Morgan fingerprint density at radius 2 is 2.12 bits per heavy atom. The molecule has 0 radical (unpaired) electrons. The van der Waals surface area contributed by atoms with E-state index in [-0.39, 0.29) is 29.6 Å².